The lowest BCUT2D eigenvalue weighted by Gasteiger charge is -2.29. The highest BCUT2D eigenvalue weighted by Gasteiger charge is 2.26. The van der Waals surface area contributed by atoms with Crippen LogP contribution in [0.2, 0.25) is 0 Å². The molecule has 15 heavy (non-hydrogen) atoms. The quantitative estimate of drug-likeness (QED) is 0.775. The number of nitriles is 1. The molecule has 0 saturated heterocycles. The molecule has 1 aromatic rings. The van der Waals surface area contributed by atoms with Crippen LogP contribution >= 0.6 is 0 Å². The van der Waals surface area contributed by atoms with Gasteiger partial charge in [0.2, 0.25) is 0 Å². The molecule has 1 fully saturated rings. The lowest BCUT2D eigenvalue weighted by atomic mass is 9.85. The Morgan fingerprint density at radius 2 is 2.33 bits per heavy atom. The molecular weight excluding hydrogens is 190 g/mol. The van der Waals surface area contributed by atoms with E-state index in [0.717, 1.165) is 12.8 Å². The molecule has 0 radical (unpaired) electrons. The van der Waals surface area contributed by atoms with Crippen LogP contribution in [0.3, 0.4) is 0 Å². The van der Waals surface area contributed by atoms with Crippen molar-refractivity contribution in [3.63, 3.8) is 0 Å². The Morgan fingerprint density at radius 3 is 3.00 bits per heavy atom. The molecule has 2 N–H and O–H groups in total. The van der Waals surface area contributed by atoms with Gasteiger partial charge in [0.1, 0.15) is 6.07 Å². The van der Waals surface area contributed by atoms with Crippen molar-refractivity contribution in [1.29, 1.82) is 5.26 Å². The monoisotopic (exact) mass is 205 g/mol. The molecule has 5 heteroatoms. The second kappa shape index (κ2) is 4.41. The van der Waals surface area contributed by atoms with Crippen LogP contribution in [0.5, 0.6) is 0 Å². The predicted molar refractivity (Wildman–Crippen MR) is 54.8 cm³/mol. The van der Waals surface area contributed by atoms with Crippen molar-refractivity contribution in [3.05, 3.63) is 11.9 Å². The number of rotatable bonds is 2. The zero-order chi connectivity index (χ0) is 10.7. The smallest absolute Gasteiger partial charge is 0.182 e. The fraction of sp³-hybridized carbons (Fsp3) is 0.700. The number of aromatic nitrogens is 3. The molecule has 2 atom stereocenters. The van der Waals surface area contributed by atoms with Crippen molar-refractivity contribution < 1.29 is 0 Å². The second-order valence-corrected chi connectivity index (χ2v) is 4.01. The Labute approximate surface area is 88.9 Å². The maximum absolute atomic E-state index is 8.68. The van der Waals surface area contributed by atoms with E-state index in [2.05, 4.69) is 10.2 Å². The zero-order valence-corrected chi connectivity index (χ0v) is 8.63. The molecule has 1 aromatic heterocycles. The van der Waals surface area contributed by atoms with Crippen LogP contribution in [0, 0.1) is 17.2 Å². The number of hydrogen-bond acceptors (Lipinski definition) is 4. The molecule has 5 nitrogen and oxygen atoms in total. The molecule has 1 heterocycles. The first-order chi connectivity index (χ1) is 7.35. The minimum atomic E-state index is 0.283. The topological polar surface area (TPSA) is 80.5 Å². The van der Waals surface area contributed by atoms with Gasteiger partial charge in [-0.25, -0.2) is 0 Å². The number of nitrogens with zero attached hydrogens (tertiary/aromatic N) is 4. The standard InChI is InChI=1S/C10H15N5/c11-5-8-3-1-2-4-10(8)15-13-7-9(6-12)14-15/h7-8,10H,1-5,11H2. The summed E-state index contributed by atoms with van der Waals surface area (Å²) in [5.74, 6) is 0.456. The third-order valence-corrected chi connectivity index (χ3v) is 3.09. The van der Waals surface area contributed by atoms with E-state index in [4.69, 9.17) is 11.0 Å². The lowest BCUT2D eigenvalue weighted by molar-refractivity contribution is 0.210. The van der Waals surface area contributed by atoms with Crippen molar-refractivity contribution in [2.45, 2.75) is 31.7 Å². The first kappa shape index (κ1) is 10.1. The van der Waals surface area contributed by atoms with E-state index in [1.54, 1.807) is 4.80 Å². The molecule has 0 aromatic carbocycles. The molecular formula is C10H15N5. The van der Waals surface area contributed by atoms with E-state index in [1.807, 2.05) is 6.07 Å². The highest BCUT2D eigenvalue weighted by Crippen LogP contribution is 2.32. The number of hydrogen-bond donors (Lipinski definition) is 1. The Hall–Kier alpha value is -1.41. The fourth-order valence-corrected chi connectivity index (χ4v) is 2.25. The zero-order valence-electron chi connectivity index (χ0n) is 8.63. The van der Waals surface area contributed by atoms with Crippen molar-refractivity contribution in [3.8, 4) is 6.07 Å². The number of nitrogens with two attached hydrogens (primary N) is 1. The van der Waals surface area contributed by atoms with Crippen LogP contribution in [0.25, 0.3) is 0 Å². The summed E-state index contributed by atoms with van der Waals surface area (Å²) in [6.07, 6.45) is 6.17. The molecule has 1 saturated carbocycles. The summed E-state index contributed by atoms with van der Waals surface area (Å²) in [5, 5.41) is 17.0. The van der Waals surface area contributed by atoms with Crippen molar-refractivity contribution in [1.82, 2.24) is 15.0 Å². The first-order valence-corrected chi connectivity index (χ1v) is 5.37. The van der Waals surface area contributed by atoms with Crippen molar-refractivity contribution in [2.75, 3.05) is 6.54 Å². The van der Waals surface area contributed by atoms with Gasteiger partial charge in [0.25, 0.3) is 0 Å². The van der Waals surface area contributed by atoms with Gasteiger partial charge in [-0.05, 0) is 25.3 Å². The van der Waals surface area contributed by atoms with Crippen molar-refractivity contribution >= 4 is 0 Å². The summed E-state index contributed by atoms with van der Waals surface area (Å²) in [7, 11) is 0. The Balaban J connectivity index is 2.17. The van der Waals surface area contributed by atoms with Gasteiger partial charge in [0.15, 0.2) is 5.69 Å². The minimum absolute atomic E-state index is 0.283. The molecule has 0 amide bonds. The van der Waals surface area contributed by atoms with E-state index in [1.165, 1.54) is 19.0 Å². The lowest BCUT2D eigenvalue weighted by Crippen LogP contribution is -2.30. The molecule has 80 valence electrons. The highest BCUT2D eigenvalue weighted by atomic mass is 15.5. The van der Waals surface area contributed by atoms with Gasteiger partial charge in [0, 0.05) is 0 Å². The van der Waals surface area contributed by atoms with Gasteiger partial charge in [-0.1, -0.05) is 12.8 Å². The van der Waals surface area contributed by atoms with Crippen LogP contribution in [-0.2, 0) is 0 Å². The maximum atomic E-state index is 8.68. The normalized spacial score (nSPS) is 26.1. The maximum Gasteiger partial charge on any atom is 0.182 e. The summed E-state index contributed by atoms with van der Waals surface area (Å²) in [6.45, 7) is 0.675. The summed E-state index contributed by atoms with van der Waals surface area (Å²) < 4.78 is 0. The van der Waals surface area contributed by atoms with E-state index >= 15 is 0 Å². The van der Waals surface area contributed by atoms with Crippen LogP contribution in [-0.4, -0.2) is 21.5 Å². The van der Waals surface area contributed by atoms with E-state index < -0.39 is 0 Å². The average molecular weight is 205 g/mol. The Bertz CT molecular complexity index is 364. The van der Waals surface area contributed by atoms with E-state index in [0.29, 0.717) is 18.2 Å². The Kier molecular flexibility index (Phi) is 2.97. The third-order valence-electron chi connectivity index (χ3n) is 3.09. The van der Waals surface area contributed by atoms with Crippen LogP contribution in [0.4, 0.5) is 0 Å². The largest absolute Gasteiger partial charge is 0.330 e. The van der Waals surface area contributed by atoms with Crippen LogP contribution < -0.4 is 5.73 Å². The SMILES string of the molecule is N#Cc1cnn(C2CCCCC2CN)n1. The summed E-state index contributed by atoms with van der Waals surface area (Å²) in [5.41, 5.74) is 6.12. The van der Waals surface area contributed by atoms with Gasteiger partial charge >= 0.3 is 0 Å². The van der Waals surface area contributed by atoms with E-state index in [9.17, 15) is 0 Å². The molecule has 2 unspecified atom stereocenters. The fourth-order valence-electron chi connectivity index (χ4n) is 2.25. The molecule has 0 bridgehead atoms. The van der Waals surface area contributed by atoms with Gasteiger partial charge in [-0.2, -0.15) is 15.2 Å². The first-order valence-electron chi connectivity index (χ1n) is 5.37. The molecule has 0 aliphatic heterocycles. The third kappa shape index (κ3) is 2.00. The van der Waals surface area contributed by atoms with Crippen LogP contribution in [0.15, 0.2) is 6.20 Å². The summed E-state index contributed by atoms with van der Waals surface area (Å²) in [6, 6.07) is 2.28. The van der Waals surface area contributed by atoms with Gasteiger partial charge in [-0.3, -0.25) is 0 Å². The molecule has 0 spiro atoms. The Morgan fingerprint density at radius 1 is 1.53 bits per heavy atom. The average Bonchev–Trinajstić information content (AvgIpc) is 2.77. The predicted octanol–water partition coefficient (Wildman–Crippen LogP) is 0.840. The van der Waals surface area contributed by atoms with Crippen LogP contribution in [0.1, 0.15) is 37.4 Å². The van der Waals surface area contributed by atoms with Gasteiger partial charge in [-0.15, -0.1) is 5.10 Å². The molecule has 1 aliphatic rings. The molecule has 1 aliphatic carbocycles. The second-order valence-electron chi connectivity index (χ2n) is 4.01. The molecule has 2 rings (SSSR count). The minimum Gasteiger partial charge on any atom is -0.330 e. The highest BCUT2D eigenvalue weighted by molar-refractivity contribution is 5.12. The van der Waals surface area contributed by atoms with E-state index in [-0.39, 0.29) is 6.04 Å². The van der Waals surface area contributed by atoms with Gasteiger partial charge in [0.05, 0.1) is 12.2 Å². The van der Waals surface area contributed by atoms with Gasteiger partial charge < -0.3 is 5.73 Å². The summed E-state index contributed by atoms with van der Waals surface area (Å²) in [4.78, 5) is 1.68. The van der Waals surface area contributed by atoms with Crippen molar-refractivity contribution in [2.24, 2.45) is 11.7 Å². The summed E-state index contributed by atoms with van der Waals surface area (Å²) >= 11 is 0.